The lowest BCUT2D eigenvalue weighted by atomic mass is 10.1. The molecule has 152 valence electrons. The Hall–Kier alpha value is -1.84. The Morgan fingerprint density at radius 3 is 2.70 bits per heavy atom. The molecule has 1 fully saturated rings. The van der Waals surface area contributed by atoms with Crippen LogP contribution in [0.5, 0.6) is 0 Å². The van der Waals surface area contributed by atoms with E-state index in [1.54, 1.807) is 0 Å². The number of hydrogen-bond donors (Lipinski definition) is 3. The first kappa shape index (κ1) is 23.2. The molecule has 1 aliphatic heterocycles. The van der Waals surface area contributed by atoms with Crippen molar-refractivity contribution in [3.8, 4) is 0 Å². The smallest absolute Gasteiger partial charge is 0.375 e. The molecule has 1 saturated heterocycles. The molecule has 3 N–H and O–H groups in total. The summed E-state index contributed by atoms with van der Waals surface area (Å²) in [5.41, 5.74) is -1.07. The van der Waals surface area contributed by atoms with Gasteiger partial charge in [-0.3, -0.25) is 9.59 Å². The summed E-state index contributed by atoms with van der Waals surface area (Å²) in [4.78, 5) is 24.0. The predicted molar refractivity (Wildman–Crippen MR) is 95.9 cm³/mol. The van der Waals surface area contributed by atoms with E-state index in [0.717, 1.165) is 24.6 Å². The van der Waals surface area contributed by atoms with Crippen LogP contribution >= 0.6 is 12.4 Å². The first-order chi connectivity index (χ1) is 12.3. The number of carbonyl (C=O) groups is 2. The Morgan fingerprint density at radius 2 is 2.04 bits per heavy atom. The van der Waals surface area contributed by atoms with E-state index < -0.39 is 23.6 Å². The number of benzene rings is 1. The number of carbonyl (C=O) groups excluding carboxylic acids is 2. The van der Waals surface area contributed by atoms with Crippen molar-refractivity contribution < 1.29 is 27.5 Å². The highest BCUT2D eigenvalue weighted by atomic mass is 35.5. The molecule has 1 heterocycles. The topological polar surface area (TPSA) is 79.5 Å². The third-order valence-electron chi connectivity index (χ3n) is 3.90. The minimum atomic E-state index is -4.53. The van der Waals surface area contributed by atoms with Crippen LogP contribution in [0.1, 0.15) is 29.3 Å². The van der Waals surface area contributed by atoms with Gasteiger partial charge in [0.25, 0.3) is 5.91 Å². The molecule has 0 bridgehead atoms. The van der Waals surface area contributed by atoms with E-state index in [0.29, 0.717) is 19.7 Å². The van der Waals surface area contributed by atoms with Crippen LogP contribution in [0.4, 0.5) is 13.2 Å². The molecule has 1 aliphatic rings. The van der Waals surface area contributed by atoms with Crippen molar-refractivity contribution in [1.29, 1.82) is 0 Å². The largest absolute Gasteiger partial charge is 0.416 e. The molecule has 1 aromatic carbocycles. The molecule has 0 radical (unpaired) electrons. The number of nitrogens with one attached hydrogen (secondary N) is 3. The Morgan fingerprint density at radius 1 is 1.30 bits per heavy atom. The van der Waals surface area contributed by atoms with Crippen molar-refractivity contribution in [1.82, 2.24) is 16.0 Å². The molecule has 6 nitrogen and oxygen atoms in total. The van der Waals surface area contributed by atoms with Crippen molar-refractivity contribution in [3.63, 3.8) is 0 Å². The average Bonchev–Trinajstić information content (AvgIpc) is 3.04. The van der Waals surface area contributed by atoms with Crippen LogP contribution < -0.4 is 16.0 Å². The summed E-state index contributed by atoms with van der Waals surface area (Å²) in [6, 6.07) is 3.84. The van der Waals surface area contributed by atoms with Gasteiger partial charge in [-0.05, 0) is 24.6 Å². The van der Waals surface area contributed by atoms with Gasteiger partial charge in [-0.2, -0.15) is 13.2 Å². The van der Waals surface area contributed by atoms with E-state index in [9.17, 15) is 22.8 Å². The fourth-order valence-electron chi connectivity index (χ4n) is 2.60. The van der Waals surface area contributed by atoms with E-state index in [2.05, 4.69) is 16.0 Å². The maximum absolute atomic E-state index is 12.7. The van der Waals surface area contributed by atoms with Gasteiger partial charge in [0.05, 0.1) is 24.3 Å². The lowest BCUT2D eigenvalue weighted by Gasteiger charge is -2.20. The quantitative estimate of drug-likeness (QED) is 0.641. The molecule has 2 rings (SSSR count). The summed E-state index contributed by atoms with van der Waals surface area (Å²) in [6.07, 6.45) is -3.81. The predicted octanol–water partition coefficient (Wildman–Crippen LogP) is 1.74. The van der Waals surface area contributed by atoms with E-state index in [1.165, 1.54) is 6.07 Å². The van der Waals surface area contributed by atoms with Crippen molar-refractivity contribution in [3.05, 3.63) is 35.4 Å². The number of hydrogen-bond acceptors (Lipinski definition) is 4. The molecule has 0 unspecified atom stereocenters. The normalized spacial score (nSPS) is 19.3. The van der Waals surface area contributed by atoms with Crippen LogP contribution in [0.3, 0.4) is 0 Å². The van der Waals surface area contributed by atoms with Crippen LogP contribution in [-0.4, -0.2) is 50.2 Å². The van der Waals surface area contributed by atoms with Crippen LogP contribution in [0.15, 0.2) is 24.3 Å². The molecule has 0 spiro atoms. The molecule has 2 amide bonds. The lowest BCUT2D eigenvalue weighted by molar-refractivity contribution is -0.137. The van der Waals surface area contributed by atoms with Crippen molar-refractivity contribution in [2.24, 2.45) is 0 Å². The van der Waals surface area contributed by atoms with Gasteiger partial charge in [0.15, 0.2) is 0 Å². The molecule has 27 heavy (non-hydrogen) atoms. The number of halogens is 4. The van der Waals surface area contributed by atoms with Crippen LogP contribution in [0.2, 0.25) is 0 Å². The fraction of sp³-hybridized carbons (Fsp3) is 0.529. The maximum atomic E-state index is 12.7. The zero-order chi connectivity index (χ0) is 19.2. The van der Waals surface area contributed by atoms with Gasteiger partial charge in [-0.1, -0.05) is 13.0 Å². The number of alkyl halides is 3. The van der Waals surface area contributed by atoms with E-state index >= 15 is 0 Å². The highest BCUT2D eigenvalue weighted by Gasteiger charge is 2.31. The van der Waals surface area contributed by atoms with E-state index in [4.69, 9.17) is 4.74 Å². The molecule has 2 atom stereocenters. The molecule has 1 aromatic rings. The maximum Gasteiger partial charge on any atom is 0.416 e. The Labute approximate surface area is 161 Å². The standard InChI is InChI=1S/C17H22F3N3O3.ClH/c1-2-6-26-14-9-21-8-13(14)23-15(24)10-22-16(25)11-4-3-5-12(7-11)17(18,19)20;/h3-5,7,13-14,21H,2,6,8-10H2,1H3,(H,22,25)(H,23,24);1H/t13-,14-;/m0./s1. The lowest BCUT2D eigenvalue weighted by Crippen LogP contribution is -2.47. The molecule has 10 heteroatoms. The number of rotatable bonds is 7. The van der Waals surface area contributed by atoms with Crippen molar-refractivity contribution in [2.75, 3.05) is 26.2 Å². The Bertz CT molecular complexity index is 643. The zero-order valence-electron chi connectivity index (χ0n) is 14.8. The van der Waals surface area contributed by atoms with Gasteiger partial charge >= 0.3 is 6.18 Å². The van der Waals surface area contributed by atoms with Crippen LogP contribution in [0.25, 0.3) is 0 Å². The Kier molecular flexibility index (Phi) is 9.01. The summed E-state index contributed by atoms with van der Waals surface area (Å²) in [6.45, 7) is 3.43. The highest BCUT2D eigenvalue weighted by Crippen LogP contribution is 2.29. The average molecular weight is 410 g/mol. The van der Waals surface area contributed by atoms with Gasteiger partial charge in [0, 0.05) is 25.3 Å². The molecule has 0 saturated carbocycles. The molecule has 0 aliphatic carbocycles. The fourth-order valence-corrected chi connectivity index (χ4v) is 2.60. The van der Waals surface area contributed by atoms with Crippen molar-refractivity contribution in [2.45, 2.75) is 31.7 Å². The van der Waals surface area contributed by atoms with Crippen LogP contribution in [0, 0.1) is 0 Å². The second-order valence-corrected chi connectivity index (χ2v) is 6.00. The molecule has 0 aromatic heterocycles. The summed E-state index contributed by atoms with van der Waals surface area (Å²) in [5.74, 6) is -1.17. The van der Waals surface area contributed by atoms with Gasteiger partial charge in [-0.25, -0.2) is 0 Å². The molecular formula is C17H23ClF3N3O3. The second-order valence-electron chi connectivity index (χ2n) is 6.00. The van der Waals surface area contributed by atoms with Gasteiger partial charge in [0.2, 0.25) is 5.91 Å². The Balaban J connectivity index is 0.00000364. The zero-order valence-corrected chi connectivity index (χ0v) is 15.6. The summed E-state index contributed by atoms with van der Waals surface area (Å²) in [7, 11) is 0. The summed E-state index contributed by atoms with van der Waals surface area (Å²) in [5, 5.41) is 8.20. The first-order valence-corrected chi connectivity index (χ1v) is 8.38. The van der Waals surface area contributed by atoms with Gasteiger partial charge in [0.1, 0.15) is 0 Å². The third-order valence-corrected chi connectivity index (χ3v) is 3.90. The minimum Gasteiger partial charge on any atom is -0.375 e. The van der Waals surface area contributed by atoms with E-state index in [1.807, 2.05) is 6.92 Å². The third kappa shape index (κ3) is 7.00. The SMILES string of the molecule is CCCO[C@H]1CNC[C@@H]1NC(=O)CNC(=O)c1cccc(C(F)(F)F)c1.Cl. The van der Waals surface area contributed by atoms with Gasteiger partial charge < -0.3 is 20.7 Å². The second kappa shape index (κ2) is 10.5. The summed E-state index contributed by atoms with van der Waals surface area (Å²) >= 11 is 0. The highest BCUT2D eigenvalue weighted by molar-refractivity contribution is 5.96. The van der Waals surface area contributed by atoms with E-state index in [-0.39, 0.29) is 36.7 Å². The first-order valence-electron chi connectivity index (χ1n) is 8.38. The van der Waals surface area contributed by atoms with Gasteiger partial charge in [-0.15, -0.1) is 12.4 Å². The van der Waals surface area contributed by atoms with Crippen molar-refractivity contribution >= 4 is 24.2 Å². The monoisotopic (exact) mass is 409 g/mol. The number of amides is 2. The molecular weight excluding hydrogens is 387 g/mol. The van der Waals surface area contributed by atoms with Crippen LogP contribution in [-0.2, 0) is 15.7 Å². The summed E-state index contributed by atoms with van der Waals surface area (Å²) < 4.78 is 43.7. The number of ether oxygens (including phenoxy) is 1. The minimum absolute atomic E-state index is 0.